The smallest absolute Gasteiger partial charge is 0.408 e. The first kappa shape index (κ1) is 49.9. The largest absolute Gasteiger partial charge is 0.507 e. The van der Waals surface area contributed by atoms with Crippen LogP contribution in [0.25, 0.3) is 21.9 Å². The summed E-state index contributed by atoms with van der Waals surface area (Å²) in [6.07, 6.45) is 2.25. The number of allylic oxidation sites excluding steroid dienone is 4. The quantitative estimate of drug-likeness (QED) is 0.0391. The highest BCUT2D eigenvalue weighted by atomic mass is 16.6. The number of carbonyl (C=O) groups is 4. The molecule has 0 aliphatic carbocycles. The first-order valence-corrected chi connectivity index (χ1v) is 21.7. The summed E-state index contributed by atoms with van der Waals surface area (Å²) < 4.78 is 35.3. The number of fused-ring (bicyclic) bond motifs is 2. The van der Waals surface area contributed by atoms with Gasteiger partial charge < -0.3 is 43.8 Å². The molecule has 0 aliphatic heterocycles. The van der Waals surface area contributed by atoms with Crippen LogP contribution in [-0.2, 0) is 44.7 Å². The molecule has 350 valence electrons. The molecule has 0 aliphatic rings. The van der Waals surface area contributed by atoms with Crippen molar-refractivity contribution in [2.24, 2.45) is 0 Å². The normalized spacial score (nSPS) is 12.3. The molecular formula is C52H60N2O12. The highest BCUT2D eigenvalue weighted by Gasteiger charge is 2.32. The zero-order valence-electron chi connectivity index (χ0n) is 39.5. The molecule has 14 nitrogen and oxygen atoms in total. The number of amides is 2. The van der Waals surface area contributed by atoms with E-state index < -0.39 is 58.6 Å². The Labute approximate surface area is 384 Å². The number of benzene rings is 4. The molecule has 0 fully saturated rings. The first-order valence-electron chi connectivity index (χ1n) is 21.7. The number of esters is 2. The van der Waals surface area contributed by atoms with E-state index in [1.165, 1.54) is 19.2 Å². The lowest BCUT2D eigenvalue weighted by atomic mass is 9.98. The third-order valence-corrected chi connectivity index (χ3v) is 9.88. The van der Waals surface area contributed by atoms with E-state index in [9.17, 15) is 29.1 Å². The fourth-order valence-corrected chi connectivity index (χ4v) is 6.94. The molecule has 0 radical (unpaired) electrons. The Kier molecular flexibility index (Phi) is 16.1. The number of ether oxygens (including phenoxy) is 5. The van der Waals surface area contributed by atoms with Crippen molar-refractivity contribution in [3.05, 3.63) is 129 Å². The van der Waals surface area contributed by atoms with Gasteiger partial charge >= 0.3 is 24.1 Å². The van der Waals surface area contributed by atoms with Gasteiger partial charge in [0, 0.05) is 36.1 Å². The van der Waals surface area contributed by atoms with Crippen LogP contribution in [-0.4, -0.2) is 59.6 Å². The van der Waals surface area contributed by atoms with Gasteiger partial charge in [0.15, 0.2) is 11.5 Å². The van der Waals surface area contributed by atoms with Crippen molar-refractivity contribution in [2.45, 2.75) is 118 Å². The van der Waals surface area contributed by atoms with Gasteiger partial charge in [-0.3, -0.25) is 4.79 Å². The number of phenolic OH excluding ortho intramolecular Hbond substituents is 1. The minimum Gasteiger partial charge on any atom is -0.507 e. The molecular weight excluding hydrogens is 845 g/mol. The Hall–Kier alpha value is -7.09. The van der Waals surface area contributed by atoms with Gasteiger partial charge in [-0.05, 0) is 93.2 Å². The van der Waals surface area contributed by atoms with Crippen LogP contribution in [0.5, 0.6) is 23.0 Å². The maximum absolute atomic E-state index is 14.8. The lowest BCUT2D eigenvalue weighted by molar-refractivity contribution is -0.137. The molecule has 2 atom stereocenters. The Balaban J connectivity index is 1.68. The van der Waals surface area contributed by atoms with E-state index in [1.54, 1.807) is 96.1 Å². The first-order chi connectivity index (χ1) is 31.0. The van der Waals surface area contributed by atoms with E-state index >= 15 is 0 Å². The average Bonchev–Trinajstić information content (AvgIpc) is 3.21. The third-order valence-electron chi connectivity index (χ3n) is 9.88. The number of phenols is 1. The fraction of sp³-hybridized carbons (Fsp3) is 0.365. The van der Waals surface area contributed by atoms with Crippen molar-refractivity contribution in [3.63, 3.8) is 0 Å². The molecule has 0 bridgehead atoms. The number of hydrogen-bond acceptors (Lipinski definition) is 12. The van der Waals surface area contributed by atoms with Crippen LogP contribution in [0.4, 0.5) is 9.59 Å². The number of hydrogen-bond donors (Lipinski definition) is 3. The third kappa shape index (κ3) is 13.5. The van der Waals surface area contributed by atoms with E-state index in [1.807, 2.05) is 45.9 Å². The van der Waals surface area contributed by atoms with Crippen LogP contribution in [0.3, 0.4) is 0 Å². The zero-order valence-corrected chi connectivity index (χ0v) is 39.5. The van der Waals surface area contributed by atoms with Crippen molar-refractivity contribution >= 4 is 46.1 Å². The molecule has 0 spiro atoms. The summed E-state index contributed by atoms with van der Waals surface area (Å²) >= 11 is 0. The van der Waals surface area contributed by atoms with Gasteiger partial charge in [-0.1, -0.05) is 84.0 Å². The SMILES string of the molecule is COc1c(OC(=O)[C@@H](Cc2ccccc2)NC(=O)OC(C)(C)C)cc2oc3cc(OC(=O)[C@@H](Cc4ccccc4)NC(=O)OC(C)(C)C)c(CC=C(C)C)c(O)c3c(=O)c2c1CC=C(C)C. The van der Waals surface area contributed by atoms with Crippen LogP contribution in [0.1, 0.15) is 91.5 Å². The molecule has 5 rings (SSSR count). The second kappa shape index (κ2) is 21.3. The summed E-state index contributed by atoms with van der Waals surface area (Å²) in [6, 6.07) is 18.3. The summed E-state index contributed by atoms with van der Waals surface area (Å²) in [5, 5.41) is 17.2. The van der Waals surface area contributed by atoms with Crippen LogP contribution in [0.15, 0.2) is 105 Å². The highest BCUT2D eigenvalue weighted by molar-refractivity contribution is 5.99. The van der Waals surface area contributed by atoms with Crippen LogP contribution >= 0.6 is 0 Å². The van der Waals surface area contributed by atoms with Crippen LogP contribution in [0.2, 0.25) is 0 Å². The van der Waals surface area contributed by atoms with Crippen LogP contribution < -0.4 is 30.3 Å². The fourth-order valence-electron chi connectivity index (χ4n) is 6.94. The predicted octanol–water partition coefficient (Wildman–Crippen LogP) is 9.76. The zero-order chi connectivity index (χ0) is 48.5. The minimum absolute atomic E-state index is 0.0405. The Bertz CT molecular complexity index is 2700. The Morgan fingerprint density at radius 3 is 1.52 bits per heavy atom. The summed E-state index contributed by atoms with van der Waals surface area (Å²) in [7, 11) is 1.37. The van der Waals surface area contributed by atoms with Gasteiger partial charge in [-0.2, -0.15) is 0 Å². The van der Waals surface area contributed by atoms with Gasteiger partial charge in [0.25, 0.3) is 0 Å². The minimum atomic E-state index is -1.24. The molecule has 0 saturated carbocycles. The maximum Gasteiger partial charge on any atom is 0.408 e. The molecule has 2 amide bonds. The van der Waals surface area contributed by atoms with E-state index in [4.69, 9.17) is 28.1 Å². The van der Waals surface area contributed by atoms with E-state index in [-0.39, 0.29) is 70.4 Å². The number of carbonyl (C=O) groups excluding carboxylic acids is 4. The second-order valence-corrected chi connectivity index (χ2v) is 18.4. The lowest BCUT2D eigenvalue weighted by Crippen LogP contribution is -2.46. The highest BCUT2D eigenvalue weighted by Crippen LogP contribution is 2.42. The van der Waals surface area contributed by atoms with E-state index in [0.717, 1.165) is 22.3 Å². The average molecular weight is 905 g/mol. The molecule has 66 heavy (non-hydrogen) atoms. The van der Waals surface area contributed by atoms with Gasteiger partial charge in [0.1, 0.15) is 51.3 Å². The summed E-state index contributed by atoms with van der Waals surface area (Å²) in [5.74, 6) is -2.42. The molecule has 0 unspecified atom stereocenters. The van der Waals surface area contributed by atoms with Gasteiger partial charge in [-0.25, -0.2) is 19.2 Å². The van der Waals surface area contributed by atoms with Gasteiger partial charge in [-0.15, -0.1) is 0 Å². The van der Waals surface area contributed by atoms with Crippen molar-refractivity contribution in [3.8, 4) is 23.0 Å². The molecule has 0 saturated heterocycles. The van der Waals surface area contributed by atoms with Gasteiger partial charge in [0.05, 0.1) is 12.5 Å². The monoisotopic (exact) mass is 904 g/mol. The molecule has 5 aromatic rings. The number of methoxy groups -OCH3 is 1. The van der Waals surface area contributed by atoms with Gasteiger partial charge in [0.2, 0.25) is 5.43 Å². The van der Waals surface area contributed by atoms with E-state index in [0.29, 0.717) is 5.56 Å². The molecule has 14 heteroatoms. The standard InChI is InChI=1S/C52H60N2O12/c1-30(2)22-24-34-38(63-47(57)36(26-32-18-14-12-15-19-32)53-49(59)65-51(5,6)7)28-40-43(44(34)55)45(56)42-35(25-23-31(3)4)46(61-11)41(29-39(42)62-40)64-48(58)37(27-33-20-16-13-17-21-33)54-50(60)66-52(8,9)10/h12-23,28-29,36-37,55H,24-27H2,1-11H3,(H,53,59)(H,54,60)/t36-,37-/m1/s1. The van der Waals surface area contributed by atoms with Crippen molar-refractivity contribution in [1.82, 2.24) is 10.6 Å². The van der Waals surface area contributed by atoms with Crippen molar-refractivity contribution in [1.29, 1.82) is 0 Å². The maximum atomic E-state index is 14.8. The summed E-state index contributed by atoms with van der Waals surface area (Å²) in [4.78, 5) is 69.2. The van der Waals surface area contributed by atoms with Crippen LogP contribution in [0, 0.1) is 0 Å². The van der Waals surface area contributed by atoms with Crippen molar-refractivity contribution < 1.29 is 52.4 Å². The Morgan fingerprint density at radius 1 is 0.652 bits per heavy atom. The topological polar surface area (TPSA) is 189 Å². The van der Waals surface area contributed by atoms with Crippen molar-refractivity contribution in [2.75, 3.05) is 7.11 Å². The summed E-state index contributed by atoms with van der Waals surface area (Å²) in [6.45, 7) is 17.7. The molecule has 4 aromatic carbocycles. The molecule has 1 heterocycles. The second-order valence-electron chi connectivity index (χ2n) is 18.4. The number of rotatable bonds is 15. The number of alkyl carbamates (subject to hydrolysis) is 2. The lowest BCUT2D eigenvalue weighted by Gasteiger charge is -2.24. The van der Waals surface area contributed by atoms with E-state index in [2.05, 4.69) is 10.6 Å². The molecule has 1 aromatic heterocycles. The predicted molar refractivity (Wildman–Crippen MR) is 252 cm³/mol. The molecule has 3 N–H and O–H groups in total. The number of nitrogens with one attached hydrogen (secondary N) is 2. The number of aromatic hydroxyl groups is 1. The Morgan fingerprint density at radius 2 is 1.08 bits per heavy atom. The summed E-state index contributed by atoms with van der Waals surface area (Å²) in [5.41, 5.74) is 1.12.